The number of rotatable bonds is 4. The Hall–Kier alpha value is -1.58. The molecular weight excluding hydrogens is 197 g/mol. The molecule has 0 atom stereocenters. The monoisotopic (exact) mass is 211 g/mol. The second-order valence-electron chi connectivity index (χ2n) is 3.11. The maximum atomic E-state index is 12.9. The average Bonchev–Trinajstić information content (AvgIpc) is 2.25. The molecule has 0 aliphatic heterocycles. The summed E-state index contributed by atoms with van der Waals surface area (Å²) in [7, 11) is 1.30. The van der Waals surface area contributed by atoms with E-state index in [1.54, 1.807) is 0 Å². The van der Waals surface area contributed by atoms with Crippen molar-refractivity contribution in [2.45, 2.75) is 13.3 Å². The molecule has 15 heavy (non-hydrogen) atoms. The van der Waals surface area contributed by atoms with Gasteiger partial charge >= 0.3 is 5.97 Å². The van der Waals surface area contributed by atoms with Crippen LogP contribution >= 0.6 is 0 Å². The first-order chi connectivity index (χ1) is 7.19. The zero-order valence-corrected chi connectivity index (χ0v) is 8.84. The van der Waals surface area contributed by atoms with Crippen LogP contribution in [0.25, 0.3) is 0 Å². The topological polar surface area (TPSA) is 38.3 Å². The molecule has 0 amide bonds. The van der Waals surface area contributed by atoms with Crippen LogP contribution in [0.5, 0.6) is 0 Å². The van der Waals surface area contributed by atoms with E-state index in [4.69, 9.17) is 0 Å². The first kappa shape index (κ1) is 11.5. The number of methoxy groups -OCH3 is 1. The molecule has 1 aromatic carbocycles. The fourth-order valence-electron chi connectivity index (χ4n) is 1.21. The molecule has 1 aromatic rings. The van der Waals surface area contributed by atoms with Crippen LogP contribution in [0, 0.1) is 5.82 Å². The Morgan fingerprint density at radius 3 is 2.87 bits per heavy atom. The molecule has 0 radical (unpaired) electrons. The van der Waals surface area contributed by atoms with Gasteiger partial charge in [-0.15, -0.1) is 0 Å². The largest absolute Gasteiger partial charge is 0.465 e. The number of anilines is 1. The molecule has 0 saturated heterocycles. The lowest BCUT2D eigenvalue weighted by molar-refractivity contribution is 0.0602. The predicted molar refractivity (Wildman–Crippen MR) is 56.5 cm³/mol. The highest BCUT2D eigenvalue weighted by atomic mass is 19.1. The highest BCUT2D eigenvalue weighted by molar-refractivity contribution is 5.95. The van der Waals surface area contributed by atoms with Gasteiger partial charge in [-0.2, -0.15) is 0 Å². The SMILES string of the molecule is CCCNc1cc(F)ccc1C(=O)OC. The lowest BCUT2D eigenvalue weighted by Crippen LogP contribution is -2.09. The molecule has 1 rings (SSSR count). The lowest BCUT2D eigenvalue weighted by atomic mass is 10.1. The van der Waals surface area contributed by atoms with Crippen LogP contribution in [0.2, 0.25) is 0 Å². The standard InChI is InChI=1S/C11H14FNO2/c1-3-6-13-10-7-8(12)4-5-9(10)11(14)15-2/h4-5,7,13H,3,6H2,1-2H3. The molecule has 1 N–H and O–H groups in total. The summed E-state index contributed by atoms with van der Waals surface area (Å²) >= 11 is 0. The van der Waals surface area contributed by atoms with Crippen molar-refractivity contribution in [3.8, 4) is 0 Å². The van der Waals surface area contributed by atoms with E-state index in [1.165, 1.54) is 25.3 Å². The average molecular weight is 211 g/mol. The van der Waals surface area contributed by atoms with E-state index in [2.05, 4.69) is 10.1 Å². The lowest BCUT2D eigenvalue weighted by Gasteiger charge is -2.09. The third-order valence-corrected chi connectivity index (χ3v) is 1.95. The first-order valence-electron chi connectivity index (χ1n) is 4.80. The number of benzene rings is 1. The third kappa shape index (κ3) is 2.94. The van der Waals surface area contributed by atoms with Gasteiger partial charge in [0.2, 0.25) is 0 Å². The summed E-state index contributed by atoms with van der Waals surface area (Å²) in [6.07, 6.45) is 0.900. The molecule has 0 aliphatic rings. The number of nitrogens with one attached hydrogen (secondary N) is 1. The predicted octanol–water partition coefficient (Wildman–Crippen LogP) is 2.43. The molecule has 0 unspecified atom stereocenters. The number of esters is 1. The van der Waals surface area contributed by atoms with E-state index in [0.29, 0.717) is 17.8 Å². The fraction of sp³-hybridized carbons (Fsp3) is 0.364. The van der Waals surface area contributed by atoms with Crippen molar-refractivity contribution < 1.29 is 13.9 Å². The minimum Gasteiger partial charge on any atom is -0.465 e. The van der Waals surface area contributed by atoms with E-state index in [1.807, 2.05) is 6.92 Å². The summed E-state index contributed by atoms with van der Waals surface area (Å²) in [5.41, 5.74) is 0.830. The van der Waals surface area contributed by atoms with Gasteiger partial charge < -0.3 is 10.1 Å². The van der Waals surface area contributed by atoms with Gasteiger partial charge in [0.15, 0.2) is 0 Å². The molecule has 0 aromatic heterocycles. The molecule has 0 heterocycles. The minimum absolute atomic E-state index is 0.354. The van der Waals surface area contributed by atoms with Crippen LogP contribution in [0.1, 0.15) is 23.7 Å². The molecule has 3 nitrogen and oxygen atoms in total. The van der Waals surface area contributed by atoms with Crippen LogP contribution < -0.4 is 5.32 Å². The van der Waals surface area contributed by atoms with Crippen LogP contribution in [0.3, 0.4) is 0 Å². The van der Waals surface area contributed by atoms with Gasteiger partial charge in [0.1, 0.15) is 5.82 Å². The van der Waals surface area contributed by atoms with E-state index in [-0.39, 0.29) is 5.82 Å². The molecule has 0 fully saturated rings. The Morgan fingerprint density at radius 1 is 1.53 bits per heavy atom. The second kappa shape index (κ2) is 5.34. The third-order valence-electron chi connectivity index (χ3n) is 1.95. The van der Waals surface area contributed by atoms with E-state index < -0.39 is 5.97 Å². The van der Waals surface area contributed by atoms with Crippen LogP contribution in [-0.4, -0.2) is 19.6 Å². The number of carbonyl (C=O) groups excluding carboxylic acids is 1. The maximum Gasteiger partial charge on any atom is 0.339 e. The summed E-state index contributed by atoms with van der Waals surface area (Å²) in [5.74, 6) is -0.838. The van der Waals surface area contributed by atoms with Gasteiger partial charge in [-0.1, -0.05) is 6.92 Å². The quantitative estimate of drug-likeness (QED) is 0.777. The Morgan fingerprint density at radius 2 is 2.27 bits per heavy atom. The summed E-state index contributed by atoms with van der Waals surface area (Å²) in [6.45, 7) is 2.68. The van der Waals surface area contributed by atoms with Gasteiger partial charge in [-0.25, -0.2) is 9.18 Å². The van der Waals surface area contributed by atoms with Crippen molar-refractivity contribution in [3.63, 3.8) is 0 Å². The van der Waals surface area contributed by atoms with Crippen molar-refractivity contribution in [3.05, 3.63) is 29.6 Å². The van der Waals surface area contributed by atoms with Crippen molar-refractivity contribution in [1.82, 2.24) is 0 Å². The molecule has 4 heteroatoms. The number of hydrogen-bond donors (Lipinski definition) is 1. The maximum absolute atomic E-state index is 12.9. The van der Waals surface area contributed by atoms with Gasteiger partial charge in [0, 0.05) is 6.54 Å². The fourth-order valence-corrected chi connectivity index (χ4v) is 1.21. The summed E-state index contributed by atoms with van der Waals surface area (Å²) in [5, 5.41) is 2.98. The van der Waals surface area contributed by atoms with Gasteiger partial charge in [0.05, 0.1) is 18.4 Å². The molecule has 82 valence electrons. The Labute approximate surface area is 88.2 Å². The molecule has 0 bridgehead atoms. The zero-order chi connectivity index (χ0) is 11.3. The number of carbonyl (C=O) groups is 1. The smallest absolute Gasteiger partial charge is 0.339 e. The number of hydrogen-bond acceptors (Lipinski definition) is 3. The summed E-state index contributed by atoms with van der Waals surface area (Å²) in [6, 6.07) is 3.95. The van der Waals surface area contributed by atoms with Crippen molar-refractivity contribution in [2.75, 3.05) is 19.0 Å². The van der Waals surface area contributed by atoms with Gasteiger partial charge in [-0.05, 0) is 24.6 Å². The highest BCUT2D eigenvalue weighted by Crippen LogP contribution is 2.18. The molecule has 0 spiro atoms. The van der Waals surface area contributed by atoms with Crippen LogP contribution in [0.15, 0.2) is 18.2 Å². The number of ether oxygens (including phenoxy) is 1. The van der Waals surface area contributed by atoms with Crippen molar-refractivity contribution in [2.24, 2.45) is 0 Å². The van der Waals surface area contributed by atoms with E-state index >= 15 is 0 Å². The Kier molecular flexibility index (Phi) is 4.09. The zero-order valence-electron chi connectivity index (χ0n) is 8.84. The van der Waals surface area contributed by atoms with Crippen LogP contribution in [-0.2, 0) is 4.74 Å². The van der Waals surface area contributed by atoms with Crippen LogP contribution in [0.4, 0.5) is 10.1 Å². The Bertz CT molecular complexity index is 352. The van der Waals surface area contributed by atoms with Crippen molar-refractivity contribution in [1.29, 1.82) is 0 Å². The molecule has 0 saturated carbocycles. The highest BCUT2D eigenvalue weighted by Gasteiger charge is 2.11. The number of halogens is 1. The van der Waals surface area contributed by atoms with Crippen molar-refractivity contribution >= 4 is 11.7 Å². The Balaban J connectivity index is 2.97. The molecule has 0 aliphatic carbocycles. The van der Waals surface area contributed by atoms with E-state index in [0.717, 1.165) is 6.42 Å². The summed E-state index contributed by atoms with van der Waals surface area (Å²) < 4.78 is 17.5. The van der Waals surface area contributed by atoms with E-state index in [9.17, 15) is 9.18 Å². The first-order valence-corrected chi connectivity index (χ1v) is 4.80. The van der Waals surface area contributed by atoms with Gasteiger partial charge in [0.25, 0.3) is 0 Å². The summed E-state index contributed by atoms with van der Waals surface area (Å²) in [4.78, 5) is 11.3. The minimum atomic E-state index is -0.464. The van der Waals surface area contributed by atoms with Gasteiger partial charge in [-0.3, -0.25) is 0 Å². The molecular formula is C11H14FNO2. The normalized spacial score (nSPS) is 9.80. The second-order valence-corrected chi connectivity index (χ2v) is 3.11.